The minimum absolute atomic E-state index is 0.0425. The molecule has 1 atom stereocenters. The van der Waals surface area contributed by atoms with Crippen LogP contribution in [0.4, 0.5) is 0 Å². The first-order valence-corrected chi connectivity index (χ1v) is 9.92. The van der Waals surface area contributed by atoms with Crippen LogP contribution < -0.4 is 5.56 Å². The molecule has 0 radical (unpaired) electrons. The van der Waals surface area contributed by atoms with Gasteiger partial charge in [-0.3, -0.25) is 14.6 Å². The third kappa shape index (κ3) is 4.49. The SMILES string of the molecule is O=c1ccc(C2CC2)nn1CC1CCCN1CCN1CCCOCC1. The summed E-state index contributed by atoms with van der Waals surface area (Å²) in [4.78, 5) is 17.3. The van der Waals surface area contributed by atoms with Gasteiger partial charge in [0.2, 0.25) is 0 Å². The van der Waals surface area contributed by atoms with Crippen molar-refractivity contribution in [2.45, 2.75) is 50.6 Å². The maximum atomic E-state index is 12.2. The lowest BCUT2D eigenvalue weighted by Gasteiger charge is -2.28. The summed E-state index contributed by atoms with van der Waals surface area (Å²) in [6, 6.07) is 4.07. The van der Waals surface area contributed by atoms with Crippen molar-refractivity contribution in [3.8, 4) is 0 Å². The fourth-order valence-corrected chi connectivity index (χ4v) is 4.08. The van der Waals surface area contributed by atoms with Crippen molar-refractivity contribution in [1.29, 1.82) is 0 Å². The third-order valence-electron chi connectivity index (χ3n) is 5.78. The Labute approximate surface area is 149 Å². The van der Waals surface area contributed by atoms with E-state index in [2.05, 4.69) is 14.9 Å². The fraction of sp³-hybridized carbons (Fsp3) is 0.789. The summed E-state index contributed by atoms with van der Waals surface area (Å²) in [7, 11) is 0. The summed E-state index contributed by atoms with van der Waals surface area (Å²) in [6.07, 6.45) is 5.98. The van der Waals surface area contributed by atoms with Crippen molar-refractivity contribution in [1.82, 2.24) is 19.6 Å². The molecule has 25 heavy (non-hydrogen) atoms. The molecule has 3 heterocycles. The van der Waals surface area contributed by atoms with Gasteiger partial charge >= 0.3 is 0 Å². The summed E-state index contributed by atoms with van der Waals surface area (Å²) >= 11 is 0. The van der Waals surface area contributed by atoms with Crippen molar-refractivity contribution < 1.29 is 4.74 Å². The molecule has 1 aromatic rings. The molecule has 6 heteroatoms. The van der Waals surface area contributed by atoms with Crippen LogP contribution in [0.2, 0.25) is 0 Å². The van der Waals surface area contributed by atoms with Gasteiger partial charge in [-0.25, -0.2) is 4.68 Å². The number of ether oxygens (including phenoxy) is 1. The Morgan fingerprint density at radius 3 is 2.84 bits per heavy atom. The summed E-state index contributed by atoms with van der Waals surface area (Å²) in [5.74, 6) is 0.594. The number of hydrogen-bond acceptors (Lipinski definition) is 5. The van der Waals surface area contributed by atoms with E-state index in [4.69, 9.17) is 4.74 Å². The molecule has 1 unspecified atom stereocenters. The van der Waals surface area contributed by atoms with Gasteiger partial charge in [0.05, 0.1) is 18.8 Å². The Morgan fingerprint density at radius 1 is 1.04 bits per heavy atom. The highest BCUT2D eigenvalue weighted by molar-refractivity contribution is 5.12. The normalized spacial score (nSPS) is 26.0. The molecule has 0 amide bonds. The zero-order valence-corrected chi connectivity index (χ0v) is 15.1. The lowest BCUT2D eigenvalue weighted by Crippen LogP contribution is -2.41. The van der Waals surface area contributed by atoms with Crippen LogP contribution in [-0.2, 0) is 11.3 Å². The lowest BCUT2D eigenvalue weighted by molar-refractivity contribution is 0.135. The molecule has 0 N–H and O–H groups in total. The topological polar surface area (TPSA) is 50.6 Å². The first kappa shape index (κ1) is 17.2. The van der Waals surface area contributed by atoms with E-state index in [1.54, 1.807) is 10.7 Å². The number of aromatic nitrogens is 2. The largest absolute Gasteiger partial charge is 0.380 e. The van der Waals surface area contributed by atoms with E-state index in [1.807, 2.05) is 6.07 Å². The van der Waals surface area contributed by atoms with Gasteiger partial charge in [-0.15, -0.1) is 0 Å². The summed E-state index contributed by atoms with van der Waals surface area (Å²) in [6.45, 7) is 8.01. The second-order valence-corrected chi connectivity index (χ2v) is 7.69. The predicted octanol–water partition coefficient (Wildman–Crippen LogP) is 1.31. The second-order valence-electron chi connectivity index (χ2n) is 7.69. The number of rotatable bonds is 6. The number of likely N-dealkylation sites (tertiary alicyclic amines) is 1. The van der Waals surface area contributed by atoms with Gasteiger partial charge in [0.15, 0.2) is 0 Å². The quantitative estimate of drug-likeness (QED) is 0.777. The Kier molecular flexibility index (Phi) is 5.48. The van der Waals surface area contributed by atoms with E-state index in [0.717, 1.165) is 64.6 Å². The van der Waals surface area contributed by atoms with Crippen molar-refractivity contribution >= 4 is 0 Å². The minimum atomic E-state index is 0.0425. The van der Waals surface area contributed by atoms with E-state index in [1.165, 1.54) is 25.7 Å². The fourth-order valence-electron chi connectivity index (χ4n) is 4.08. The Morgan fingerprint density at radius 2 is 1.96 bits per heavy atom. The molecule has 1 aliphatic carbocycles. The molecule has 2 saturated heterocycles. The highest BCUT2D eigenvalue weighted by Crippen LogP contribution is 2.38. The highest BCUT2D eigenvalue weighted by Gasteiger charge is 2.28. The molecule has 6 nitrogen and oxygen atoms in total. The predicted molar refractivity (Wildman–Crippen MR) is 96.9 cm³/mol. The van der Waals surface area contributed by atoms with Gasteiger partial charge in [-0.1, -0.05) is 0 Å². The average molecular weight is 346 g/mol. The van der Waals surface area contributed by atoms with Crippen LogP contribution in [0.3, 0.4) is 0 Å². The van der Waals surface area contributed by atoms with Crippen LogP contribution in [0.5, 0.6) is 0 Å². The van der Waals surface area contributed by atoms with Crippen molar-refractivity contribution in [3.63, 3.8) is 0 Å². The van der Waals surface area contributed by atoms with Crippen LogP contribution >= 0.6 is 0 Å². The first-order valence-electron chi connectivity index (χ1n) is 9.92. The van der Waals surface area contributed by atoms with Gasteiger partial charge in [-0.2, -0.15) is 5.10 Å². The third-order valence-corrected chi connectivity index (χ3v) is 5.78. The molecule has 4 rings (SSSR count). The molecular weight excluding hydrogens is 316 g/mol. The summed E-state index contributed by atoms with van der Waals surface area (Å²) in [5, 5.41) is 4.65. The zero-order valence-electron chi connectivity index (χ0n) is 15.1. The van der Waals surface area contributed by atoms with Crippen LogP contribution in [0.25, 0.3) is 0 Å². The molecule has 0 bridgehead atoms. The first-order chi connectivity index (χ1) is 12.3. The summed E-state index contributed by atoms with van der Waals surface area (Å²) in [5.41, 5.74) is 1.15. The van der Waals surface area contributed by atoms with Crippen LogP contribution in [0.1, 0.15) is 43.7 Å². The van der Waals surface area contributed by atoms with E-state index in [-0.39, 0.29) is 5.56 Å². The zero-order chi connectivity index (χ0) is 17.1. The second kappa shape index (κ2) is 7.98. The van der Waals surface area contributed by atoms with Gasteiger partial charge in [0.1, 0.15) is 0 Å². The highest BCUT2D eigenvalue weighted by atomic mass is 16.5. The van der Waals surface area contributed by atoms with Gasteiger partial charge in [0, 0.05) is 50.8 Å². The van der Waals surface area contributed by atoms with Crippen LogP contribution in [-0.4, -0.2) is 71.6 Å². The maximum Gasteiger partial charge on any atom is 0.266 e. The minimum Gasteiger partial charge on any atom is -0.380 e. The number of nitrogens with zero attached hydrogens (tertiary/aromatic N) is 4. The van der Waals surface area contributed by atoms with Gasteiger partial charge in [-0.05, 0) is 44.7 Å². The molecule has 0 spiro atoms. The van der Waals surface area contributed by atoms with E-state index >= 15 is 0 Å². The smallest absolute Gasteiger partial charge is 0.266 e. The Bertz CT molecular complexity index is 620. The molecule has 1 aromatic heterocycles. The molecule has 138 valence electrons. The molecule has 3 aliphatic rings. The van der Waals surface area contributed by atoms with Crippen molar-refractivity contribution in [2.24, 2.45) is 0 Å². The van der Waals surface area contributed by atoms with E-state index in [9.17, 15) is 4.79 Å². The maximum absolute atomic E-state index is 12.2. The van der Waals surface area contributed by atoms with E-state index in [0.29, 0.717) is 12.0 Å². The van der Waals surface area contributed by atoms with Gasteiger partial charge < -0.3 is 4.74 Å². The van der Waals surface area contributed by atoms with Crippen molar-refractivity contribution in [2.75, 3.05) is 45.9 Å². The molecule has 0 aromatic carbocycles. The van der Waals surface area contributed by atoms with Crippen LogP contribution in [0.15, 0.2) is 16.9 Å². The Balaban J connectivity index is 1.35. The monoisotopic (exact) mass is 346 g/mol. The number of hydrogen-bond donors (Lipinski definition) is 0. The van der Waals surface area contributed by atoms with Crippen LogP contribution in [0, 0.1) is 0 Å². The standard InChI is InChI=1S/C19H30N4O2/c24-19-7-6-18(16-4-5-16)20-23(19)15-17-3-1-9-22(17)11-10-21-8-2-13-25-14-12-21/h6-7,16-17H,1-5,8-15H2. The molecule has 1 saturated carbocycles. The molecule has 3 fully saturated rings. The summed E-state index contributed by atoms with van der Waals surface area (Å²) < 4.78 is 7.26. The van der Waals surface area contributed by atoms with Crippen molar-refractivity contribution in [3.05, 3.63) is 28.2 Å². The average Bonchev–Trinajstić information content (AvgIpc) is 3.41. The molecule has 2 aliphatic heterocycles. The Hall–Kier alpha value is -1.24. The van der Waals surface area contributed by atoms with E-state index < -0.39 is 0 Å². The molecular formula is C19H30N4O2. The van der Waals surface area contributed by atoms with Gasteiger partial charge in [0.25, 0.3) is 5.56 Å². The lowest BCUT2D eigenvalue weighted by atomic mass is 10.2.